The number of hydrogen-bond donors (Lipinski definition) is 2. The Hall–Kier alpha value is -2.83. The molecule has 0 saturated carbocycles. The summed E-state index contributed by atoms with van der Waals surface area (Å²) < 4.78 is 27.3. The minimum atomic E-state index is -3.73. The van der Waals surface area contributed by atoms with E-state index in [1.165, 1.54) is 24.3 Å². The summed E-state index contributed by atoms with van der Waals surface area (Å²) in [4.78, 5) is 12.6. The zero-order chi connectivity index (χ0) is 20.3. The van der Waals surface area contributed by atoms with Crippen molar-refractivity contribution in [3.63, 3.8) is 0 Å². The molecule has 3 aromatic rings. The molecule has 0 aliphatic heterocycles. The molecule has 144 valence electrons. The van der Waals surface area contributed by atoms with Crippen LogP contribution in [0.5, 0.6) is 0 Å². The number of aryl methyl sites for hydroxylation is 1. The Morgan fingerprint density at radius 1 is 0.893 bits per heavy atom. The molecule has 0 aromatic heterocycles. The van der Waals surface area contributed by atoms with Crippen LogP contribution in [0.1, 0.15) is 21.5 Å². The highest BCUT2D eigenvalue weighted by Gasteiger charge is 2.15. The van der Waals surface area contributed by atoms with Gasteiger partial charge in [-0.15, -0.1) is 0 Å². The number of amides is 1. The fraction of sp³-hybridized carbons (Fsp3) is 0.0952. The van der Waals surface area contributed by atoms with E-state index in [1.807, 2.05) is 32.0 Å². The maximum atomic E-state index is 12.5. The molecule has 0 spiro atoms. The van der Waals surface area contributed by atoms with Crippen molar-refractivity contribution in [2.75, 3.05) is 10.0 Å². The first-order chi connectivity index (χ1) is 13.3. The van der Waals surface area contributed by atoms with Crippen LogP contribution in [0.25, 0.3) is 0 Å². The van der Waals surface area contributed by atoms with E-state index in [2.05, 4.69) is 10.0 Å². The minimum absolute atomic E-state index is 0.105. The number of nitrogens with one attached hydrogen (secondary N) is 2. The van der Waals surface area contributed by atoms with E-state index in [9.17, 15) is 13.2 Å². The molecule has 0 bridgehead atoms. The summed E-state index contributed by atoms with van der Waals surface area (Å²) in [6, 6.07) is 17.8. The predicted molar refractivity (Wildman–Crippen MR) is 113 cm³/mol. The molecule has 0 aliphatic rings. The van der Waals surface area contributed by atoms with Gasteiger partial charge < -0.3 is 5.32 Å². The van der Waals surface area contributed by atoms with Crippen LogP contribution < -0.4 is 10.0 Å². The fourth-order valence-electron chi connectivity index (χ4n) is 2.60. The molecule has 0 fully saturated rings. The van der Waals surface area contributed by atoms with Gasteiger partial charge in [0.1, 0.15) is 0 Å². The second-order valence-corrected chi connectivity index (χ2v) is 8.46. The van der Waals surface area contributed by atoms with Crippen LogP contribution in [-0.2, 0) is 10.0 Å². The van der Waals surface area contributed by atoms with Crippen molar-refractivity contribution in [1.29, 1.82) is 0 Å². The van der Waals surface area contributed by atoms with Crippen molar-refractivity contribution in [2.24, 2.45) is 0 Å². The zero-order valence-corrected chi connectivity index (χ0v) is 16.9. The van der Waals surface area contributed by atoms with Crippen molar-refractivity contribution >= 4 is 38.9 Å². The van der Waals surface area contributed by atoms with Gasteiger partial charge in [-0.05, 0) is 79.6 Å². The van der Waals surface area contributed by atoms with Gasteiger partial charge in [0.15, 0.2) is 0 Å². The molecule has 28 heavy (non-hydrogen) atoms. The number of benzene rings is 3. The van der Waals surface area contributed by atoms with Crippen molar-refractivity contribution in [3.8, 4) is 0 Å². The van der Waals surface area contributed by atoms with Gasteiger partial charge in [0.25, 0.3) is 15.9 Å². The summed E-state index contributed by atoms with van der Waals surface area (Å²) in [6.07, 6.45) is 0. The van der Waals surface area contributed by atoms with Gasteiger partial charge in [-0.25, -0.2) is 8.42 Å². The van der Waals surface area contributed by atoms with Crippen molar-refractivity contribution in [3.05, 3.63) is 88.4 Å². The highest BCUT2D eigenvalue weighted by Crippen LogP contribution is 2.21. The highest BCUT2D eigenvalue weighted by molar-refractivity contribution is 7.92. The molecule has 5 nitrogen and oxygen atoms in total. The van der Waals surface area contributed by atoms with Crippen LogP contribution in [-0.4, -0.2) is 14.3 Å². The number of carbonyl (C=O) groups is 1. The molecule has 1 amide bonds. The summed E-state index contributed by atoms with van der Waals surface area (Å²) in [5.74, 6) is -0.263. The molecule has 0 atom stereocenters. The Kier molecular flexibility index (Phi) is 5.72. The van der Waals surface area contributed by atoms with E-state index >= 15 is 0 Å². The van der Waals surface area contributed by atoms with E-state index < -0.39 is 10.0 Å². The molecular formula is C21H19ClN2O3S. The average molecular weight is 415 g/mol. The highest BCUT2D eigenvalue weighted by atomic mass is 35.5. The molecule has 3 aromatic carbocycles. The first-order valence-corrected chi connectivity index (χ1v) is 10.4. The van der Waals surface area contributed by atoms with Crippen LogP contribution in [0, 0.1) is 13.8 Å². The van der Waals surface area contributed by atoms with Gasteiger partial charge in [0, 0.05) is 22.0 Å². The Bertz CT molecular complexity index is 1110. The quantitative estimate of drug-likeness (QED) is 0.616. The lowest BCUT2D eigenvalue weighted by molar-refractivity contribution is 0.102. The monoisotopic (exact) mass is 414 g/mol. The second-order valence-electron chi connectivity index (χ2n) is 6.34. The lowest BCUT2D eigenvalue weighted by Crippen LogP contribution is -2.14. The molecule has 7 heteroatoms. The van der Waals surface area contributed by atoms with Gasteiger partial charge in [-0.1, -0.05) is 23.7 Å². The van der Waals surface area contributed by atoms with Crippen LogP contribution >= 0.6 is 11.6 Å². The maximum absolute atomic E-state index is 12.5. The molecule has 2 N–H and O–H groups in total. The van der Waals surface area contributed by atoms with Gasteiger partial charge in [-0.2, -0.15) is 0 Å². The summed E-state index contributed by atoms with van der Waals surface area (Å²) in [5, 5.41) is 3.33. The minimum Gasteiger partial charge on any atom is -0.322 e. The molecule has 0 unspecified atom stereocenters. The second kappa shape index (κ2) is 8.04. The van der Waals surface area contributed by atoms with E-state index in [0.717, 1.165) is 16.8 Å². The van der Waals surface area contributed by atoms with Crippen LogP contribution in [0.2, 0.25) is 5.02 Å². The molecule has 0 radical (unpaired) electrons. The third kappa shape index (κ3) is 4.52. The topological polar surface area (TPSA) is 75.3 Å². The smallest absolute Gasteiger partial charge is 0.261 e. The lowest BCUT2D eigenvalue weighted by atomic mass is 10.1. The summed E-state index contributed by atoms with van der Waals surface area (Å²) in [5.41, 5.74) is 3.62. The van der Waals surface area contributed by atoms with Gasteiger partial charge in [-0.3, -0.25) is 9.52 Å². The lowest BCUT2D eigenvalue weighted by Gasteiger charge is -2.11. The number of halogens is 1. The number of rotatable bonds is 5. The molecule has 0 aliphatic carbocycles. The normalized spacial score (nSPS) is 11.1. The van der Waals surface area contributed by atoms with Crippen molar-refractivity contribution in [2.45, 2.75) is 18.7 Å². The number of carbonyl (C=O) groups excluding carboxylic acids is 1. The Balaban J connectivity index is 1.73. The Morgan fingerprint density at radius 3 is 2.18 bits per heavy atom. The number of anilines is 2. The molecule has 3 rings (SSSR count). The summed E-state index contributed by atoms with van der Waals surface area (Å²) in [6.45, 7) is 3.92. The standard InChI is InChI=1S/C21H19ClN2O3S/c1-14-4-3-5-20(15(14)2)23-21(25)16-6-10-18(11-7-16)24-28(26,27)19-12-8-17(22)9-13-19/h3-13,24H,1-2H3,(H,23,25). The van der Waals surface area contributed by atoms with Gasteiger partial charge in [0.2, 0.25) is 0 Å². The van der Waals surface area contributed by atoms with Crippen molar-refractivity contribution < 1.29 is 13.2 Å². The van der Waals surface area contributed by atoms with Crippen LogP contribution in [0.15, 0.2) is 71.6 Å². The molecular weight excluding hydrogens is 396 g/mol. The first kappa shape index (κ1) is 19.9. The van der Waals surface area contributed by atoms with Crippen molar-refractivity contribution in [1.82, 2.24) is 0 Å². The predicted octanol–water partition coefficient (Wildman–Crippen LogP) is 5.01. The molecule has 0 saturated heterocycles. The third-order valence-electron chi connectivity index (χ3n) is 4.38. The van der Waals surface area contributed by atoms with E-state index in [0.29, 0.717) is 16.3 Å². The van der Waals surface area contributed by atoms with Crippen LogP contribution in [0.3, 0.4) is 0 Å². The largest absolute Gasteiger partial charge is 0.322 e. The first-order valence-electron chi connectivity index (χ1n) is 8.52. The fourth-order valence-corrected chi connectivity index (χ4v) is 3.78. The zero-order valence-electron chi connectivity index (χ0n) is 15.4. The summed E-state index contributed by atoms with van der Waals surface area (Å²) in [7, 11) is -3.73. The average Bonchev–Trinajstić information content (AvgIpc) is 2.66. The Labute approximate surface area is 169 Å². The SMILES string of the molecule is Cc1cccc(NC(=O)c2ccc(NS(=O)(=O)c3ccc(Cl)cc3)cc2)c1C. The molecule has 0 heterocycles. The van der Waals surface area contributed by atoms with Gasteiger partial charge >= 0.3 is 0 Å². The van der Waals surface area contributed by atoms with E-state index in [1.54, 1.807) is 24.3 Å². The van der Waals surface area contributed by atoms with Gasteiger partial charge in [0.05, 0.1) is 4.90 Å². The summed E-state index contributed by atoms with van der Waals surface area (Å²) >= 11 is 5.79. The third-order valence-corrected chi connectivity index (χ3v) is 6.03. The number of hydrogen-bond acceptors (Lipinski definition) is 3. The Morgan fingerprint density at radius 2 is 1.54 bits per heavy atom. The maximum Gasteiger partial charge on any atom is 0.261 e. The van der Waals surface area contributed by atoms with E-state index in [-0.39, 0.29) is 10.8 Å². The number of sulfonamides is 1. The van der Waals surface area contributed by atoms with Crippen LogP contribution in [0.4, 0.5) is 11.4 Å². The van der Waals surface area contributed by atoms with E-state index in [4.69, 9.17) is 11.6 Å².